The minimum atomic E-state index is 0.803. The van der Waals surface area contributed by atoms with Crippen LogP contribution in [-0.4, -0.2) is 37.7 Å². The van der Waals surface area contributed by atoms with Gasteiger partial charge in [-0.3, -0.25) is 4.90 Å². The second-order valence-corrected chi connectivity index (χ2v) is 4.87. The minimum absolute atomic E-state index is 0.803. The third-order valence-electron chi connectivity index (χ3n) is 3.24. The fourth-order valence-corrected chi connectivity index (χ4v) is 2.23. The Hall–Kier alpha value is -1.06. The van der Waals surface area contributed by atoms with E-state index in [-0.39, 0.29) is 0 Å². The van der Waals surface area contributed by atoms with Crippen molar-refractivity contribution in [1.82, 2.24) is 10.2 Å². The molecule has 1 fully saturated rings. The summed E-state index contributed by atoms with van der Waals surface area (Å²) in [7, 11) is 0. The molecule has 100 valence electrons. The zero-order chi connectivity index (χ0) is 12.6. The zero-order valence-electron chi connectivity index (χ0n) is 11.3. The first-order valence-corrected chi connectivity index (χ1v) is 7.03. The lowest BCUT2D eigenvalue weighted by Crippen LogP contribution is -2.27. The summed E-state index contributed by atoms with van der Waals surface area (Å²) in [6, 6.07) is 8.54. The molecule has 1 heterocycles. The van der Waals surface area contributed by atoms with Crippen LogP contribution in [0.5, 0.6) is 5.75 Å². The van der Waals surface area contributed by atoms with Gasteiger partial charge in [-0.25, -0.2) is 0 Å². The molecule has 0 amide bonds. The Morgan fingerprint density at radius 3 is 2.78 bits per heavy atom. The Morgan fingerprint density at radius 2 is 2.00 bits per heavy atom. The van der Waals surface area contributed by atoms with E-state index in [1.807, 2.05) is 0 Å². The third-order valence-corrected chi connectivity index (χ3v) is 3.24. The Kier molecular flexibility index (Phi) is 5.49. The lowest BCUT2D eigenvalue weighted by atomic mass is 10.2. The molecule has 1 aliphatic rings. The molecule has 0 spiro atoms. The number of nitrogens with one attached hydrogen (secondary N) is 1. The third kappa shape index (κ3) is 4.31. The van der Waals surface area contributed by atoms with Gasteiger partial charge in [0.15, 0.2) is 0 Å². The fourth-order valence-electron chi connectivity index (χ4n) is 2.23. The number of nitrogens with zero attached hydrogens (tertiary/aromatic N) is 1. The van der Waals surface area contributed by atoms with E-state index < -0.39 is 0 Å². The van der Waals surface area contributed by atoms with Crippen LogP contribution in [0.15, 0.2) is 24.3 Å². The predicted octanol–water partition coefficient (Wildman–Crippen LogP) is 2.27. The van der Waals surface area contributed by atoms with Crippen molar-refractivity contribution in [2.75, 3.05) is 32.8 Å². The Balaban J connectivity index is 1.84. The first-order chi connectivity index (χ1) is 8.88. The van der Waals surface area contributed by atoms with Crippen LogP contribution in [0.25, 0.3) is 0 Å². The highest BCUT2D eigenvalue weighted by Crippen LogP contribution is 2.14. The van der Waals surface area contributed by atoms with E-state index >= 15 is 0 Å². The largest absolute Gasteiger partial charge is 0.494 e. The van der Waals surface area contributed by atoms with Gasteiger partial charge in [-0.1, -0.05) is 19.1 Å². The maximum Gasteiger partial charge on any atom is 0.119 e. The normalized spacial score (nSPS) is 17.4. The van der Waals surface area contributed by atoms with Gasteiger partial charge in [0, 0.05) is 19.6 Å². The molecule has 0 saturated carbocycles. The van der Waals surface area contributed by atoms with Crippen molar-refractivity contribution in [2.45, 2.75) is 26.3 Å². The molecule has 0 atom stereocenters. The first-order valence-electron chi connectivity index (χ1n) is 7.03. The van der Waals surface area contributed by atoms with E-state index in [2.05, 4.69) is 41.4 Å². The monoisotopic (exact) mass is 248 g/mol. The van der Waals surface area contributed by atoms with Crippen molar-refractivity contribution in [2.24, 2.45) is 0 Å². The van der Waals surface area contributed by atoms with Crippen molar-refractivity contribution in [1.29, 1.82) is 0 Å². The maximum absolute atomic E-state index is 5.60. The van der Waals surface area contributed by atoms with Crippen LogP contribution < -0.4 is 10.1 Å². The molecule has 2 rings (SSSR count). The topological polar surface area (TPSA) is 24.5 Å². The predicted molar refractivity (Wildman–Crippen MR) is 75.0 cm³/mol. The number of hydrogen-bond acceptors (Lipinski definition) is 3. The molecule has 1 aromatic rings. The summed E-state index contributed by atoms with van der Waals surface area (Å²) in [6.45, 7) is 8.59. The van der Waals surface area contributed by atoms with Gasteiger partial charge in [-0.2, -0.15) is 0 Å². The number of rotatable bonds is 5. The summed E-state index contributed by atoms with van der Waals surface area (Å²) in [5.41, 5.74) is 1.38. The van der Waals surface area contributed by atoms with Gasteiger partial charge in [0.25, 0.3) is 0 Å². The number of hydrogen-bond donors (Lipinski definition) is 1. The lowest BCUT2D eigenvalue weighted by Gasteiger charge is -2.19. The lowest BCUT2D eigenvalue weighted by molar-refractivity contribution is 0.284. The van der Waals surface area contributed by atoms with Crippen molar-refractivity contribution in [3.8, 4) is 5.75 Å². The van der Waals surface area contributed by atoms with Crippen molar-refractivity contribution in [3.05, 3.63) is 29.8 Å². The SMILES string of the molecule is CCCOc1ccc(CN2CCCNCC2)cc1. The molecule has 0 bridgehead atoms. The quantitative estimate of drug-likeness (QED) is 0.865. The van der Waals surface area contributed by atoms with Crippen molar-refractivity contribution in [3.63, 3.8) is 0 Å². The average molecular weight is 248 g/mol. The van der Waals surface area contributed by atoms with E-state index in [1.54, 1.807) is 0 Å². The highest BCUT2D eigenvalue weighted by Gasteiger charge is 2.08. The molecular weight excluding hydrogens is 224 g/mol. The molecule has 0 aromatic heterocycles. The van der Waals surface area contributed by atoms with Crippen LogP contribution in [0, 0.1) is 0 Å². The van der Waals surface area contributed by atoms with Gasteiger partial charge in [0.1, 0.15) is 5.75 Å². The first kappa shape index (κ1) is 13.4. The van der Waals surface area contributed by atoms with E-state index in [9.17, 15) is 0 Å². The van der Waals surface area contributed by atoms with Crippen molar-refractivity contribution >= 4 is 0 Å². The molecule has 1 N–H and O–H groups in total. The Morgan fingerprint density at radius 1 is 1.17 bits per heavy atom. The standard InChI is InChI=1S/C15H24N2O/c1-2-12-18-15-6-4-14(5-7-15)13-17-10-3-8-16-9-11-17/h4-7,16H,2-3,8-13H2,1H3. The van der Waals surface area contributed by atoms with E-state index in [1.165, 1.54) is 18.5 Å². The molecule has 1 saturated heterocycles. The highest BCUT2D eigenvalue weighted by atomic mass is 16.5. The van der Waals surface area contributed by atoms with Crippen LogP contribution in [-0.2, 0) is 6.54 Å². The van der Waals surface area contributed by atoms with E-state index in [0.29, 0.717) is 0 Å². The summed E-state index contributed by atoms with van der Waals surface area (Å²) in [5, 5.41) is 3.43. The minimum Gasteiger partial charge on any atom is -0.494 e. The molecule has 3 nitrogen and oxygen atoms in total. The fraction of sp³-hybridized carbons (Fsp3) is 0.600. The van der Waals surface area contributed by atoms with Gasteiger partial charge < -0.3 is 10.1 Å². The second-order valence-electron chi connectivity index (χ2n) is 4.87. The Labute approximate surface area is 110 Å². The van der Waals surface area contributed by atoms with Gasteiger partial charge in [0.05, 0.1) is 6.61 Å². The van der Waals surface area contributed by atoms with Crippen LogP contribution >= 0.6 is 0 Å². The molecule has 0 radical (unpaired) electrons. The van der Waals surface area contributed by atoms with Crippen LogP contribution in [0.2, 0.25) is 0 Å². The number of benzene rings is 1. The van der Waals surface area contributed by atoms with Gasteiger partial charge >= 0.3 is 0 Å². The summed E-state index contributed by atoms with van der Waals surface area (Å²) >= 11 is 0. The maximum atomic E-state index is 5.60. The highest BCUT2D eigenvalue weighted by molar-refractivity contribution is 5.27. The molecular formula is C15H24N2O. The summed E-state index contributed by atoms with van der Waals surface area (Å²) in [5.74, 6) is 0.984. The smallest absolute Gasteiger partial charge is 0.119 e. The molecule has 0 aliphatic carbocycles. The van der Waals surface area contributed by atoms with Crippen LogP contribution in [0.4, 0.5) is 0 Å². The van der Waals surface area contributed by atoms with Crippen LogP contribution in [0.3, 0.4) is 0 Å². The number of ether oxygens (including phenoxy) is 1. The summed E-state index contributed by atoms with van der Waals surface area (Å²) in [6.07, 6.45) is 2.31. The zero-order valence-corrected chi connectivity index (χ0v) is 11.3. The summed E-state index contributed by atoms with van der Waals surface area (Å²) in [4.78, 5) is 2.52. The average Bonchev–Trinajstić information content (AvgIpc) is 2.67. The van der Waals surface area contributed by atoms with E-state index in [4.69, 9.17) is 4.74 Å². The van der Waals surface area contributed by atoms with Crippen LogP contribution in [0.1, 0.15) is 25.3 Å². The van der Waals surface area contributed by atoms with Gasteiger partial charge in [0.2, 0.25) is 0 Å². The van der Waals surface area contributed by atoms with Gasteiger partial charge in [-0.05, 0) is 43.6 Å². The van der Waals surface area contributed by atoms with E-state index in [0.717, 1.165) is 45.0 Å². The molecule has 3 heteroatoms. The second kappa shape index (κ2) is 7.39. The van der Waals surface area contributed by atoms with Crippen molar-refractivity contribution < 1.29 is 4.74 Å². The summed E-state index contributed by atoms with van der Waals surface area (Å²) < 4.78 is 5.60. The van der Waals surface area contributed by atoms with Gasteiger partial charge in [-0.15, -0.1) is 0 Å². The Bertz CT molecular complexity index is 329. The molecule has 1 aromatic carbocycles. The molecule has 1 aliphatic heterocycles. The molecule has 18 heavy (non-hydrogen) atoms. The molecule has 0 unspecified atom stereocenters.